The minimum Gasteiger partial charge on any atom is -0.491 e. The Morgan fingerprint density at radius 3 is 3.06 bits per heavy atom. The van der Waals surface area contributed by atoms with Crippen molar-refractivity contribution in [2.45, 2.75) is 6.42 Å². The first-order valence-electron chi connectivity index (χ1n) is 5.42. The summed E-state index contributed by atoms with van der Waals surface area (Å²) >= 11 is 0. The van der Waals surface area contributed by atoms with E-state index in [4.69, 9.17) is 10.6 Å². The summed E-state index contributed by atoms with van der Waals surface area (Å²) in [4.78, 5) is 19.6. The molecule has 0 bridgehead atoms. The summed E-state index contributed by atoms with van der Waals surface area (Å²) in [5.41, 5.74) is 2.72. The molecule has 0 aliphatic heterocycles. The van der Waals surface area contributed by atoms with Crippen molar-refractivity contribution >= 4 is 16.9 Å². The molecule has 0 saturated carbocycles. The first-order valence-corrected chi connectivity index (χ1v) is 5.42. The number of carbonyl (C=O) groups is 1. The maximum atomic E-state index is 11.0. The van der Waals surface area contributed by atoms with Crippen LogP contribution in [0.4, 0.5) is 0 Å². The zero-order chi connectivity index (χ0) is 12.8. The van der Waals surface area contributed by atoms with Crippen LogP contribution in [-0.2, 0) is 9.63 Å². The lowest BCUT2D eigenvalue weighted by molar-refractivity contribution is -0.151. The number of aromatic nitrogens is 1. The molecule has 0 radical (unpaired) electrons. The molecule has 0 amide bonds. The number of fused-ring (bicyclic) bond motifs is 1. The zero-order valence-electron chi connectivity index (χ0n) is 9.63. The van der Waals surface area contributed by atoms with Crippen LogP contribution >= 0.6 is 0 Å². The van der Waals surface area contributed by atoms with Crippen molar-refractivity contribution in [1.82, 2.24) is 10.6 Å². The lowest BCUT2D eigenvalue weighted by Gasteiger charge is -2.06. The Kier molecular flexibility index (Phi) is 4.06. The lowest BCUT2D eigenvalue weighted by atomic mass is 10.2. The Labute approximate surface area is 104 Å². The molecule has 0 atom stereocenters. The maximum absolute atomic E-state index is 11.0. The average Bonchev–Trinajstić information content (AvgIpc) is 2.39. The number of rotatable bonds is 5. The molecule has 1 heterocycles. The number of nitrogens with one attached hydrogen (secondary N) is 1. The summed E-state index contributed by atoms with van der Waals surface area (Å²) in [7, 11) is 0. The molecule has 1 aromatic heterocycles. The van der Waals surface area contributed by atoms with Crippen LogP contribution in [0.25, 0.3) is 10.9 Å². The van der Waals surface area contributed by atoms with Crippen LogP contribution in [0.1, 0.15) is 6.42 Å². The van der Waals surface area contributed by atoms with Gasteiger partial charge in [0.1, 0.15) is 5.75 Å². The molecule has 0 spiro atoms. The molecule has 3 N–H and O–H groups in total. The minimum absolute atomic E-state index is 0.108. The highest BCUT2D eigenvalue weighted by Crippen LogP contribution is 2.17. The van der Waals surface area contributed by atoms with Crippen molar-refractivity contribution in [2.75, 3.05) is 6.61 Å². The second-order valence-corrected chi connectivity index (χ2v) is 3.55. The highest BCUT2D eigenvalue weighted by molar-refractivity contribution is 5.79. The van der Waals surface area contributed by atoms with Gasteiger partial charge in [0.25, 0.3) is 0 Å². The Hall–Kier alpha value is -2.18. The zero-order valence-corrected chi connectivity index (χ0v) is 9.63. The van der Waals surface area contributed by atoms with Gasteiger partial charge in [-0.25, -0.2) is 5.84 Å². The van der Waals surface area contributed by atoms with Crippen molar-refractivity contribution < 1.29 is 14.4 Å². The minimum atomic E-state index is -0.480. The van der Waals surface area contributed by atoms with E-state index in [1.807, 2.05) is 35.9 Å². The third-order valence-corrected chi connectivity index (χ3v) is 2.31. The first kappa shape index (κ1) is 12.3. The van der Waals surface area contributed by atoms with E-state index in [0.717, 1.165) is 10.9 Å². The third kappa shape index (κ3) is 3.16. The van der Waals surface area contributed by atoms with E-state index >= 15 is 0 Å². The van der Waals surface area contributed by atoms with Crippen LogP contribution in [0.2, 0.25) is 0 Å². The molecule has 0 aliphatic rings. The van der Waals surface area contributed by atoms with Crippen molar-refractivity contribution in [1.29, 1.82) is 0 Å². The molecule has 18 heavy (non-hydrogen) atoms. The van der Waals surface area contributed by atoms with Gasteiger partial charge < -0.3 is 9.57 Å². The van der Waals surface area contributed by atoms with Gasteiger partial charge in [-0.2, -0.15) is 0 Å². The second-order valence-electron chi connectivity index (χ2n) is 3.55. The monoisotopic (exact) mass is 247 g/mol. The Morgan fingerprint density at radius 1 is 1.39 bits per heavy atom. The number of benzene rings is 1. The van der Waals surface area contributed by atoms with Gasteiger partial charge in [0.05, 0.1) is 24.7 Å². The van der Waals surface area contributed by atoms with Crippen LogP contribution in [0.5, 0.6) is 5.75 Å². The number of pyridine rings is 1. The molecular weight excluding hydrogens is 234 g/mol. The fourth-order valence-electron chi connectivity index (χ4n) is 1.50. The van der Waals surface area contributed by atoms with Gasteiger partial charge in [-0.1, -0.05) is 23.8 Å². The SMILES string of the molecule is NNOC(=O)CCOc1cnc2ccccc2c1. The summed E-state index contributed by atoms with van der Waals surface area (Å²) in [5, 5.41) is 0.987. The molecule has 6 nitrogen and oxygen atoms in total. The second kappa shape index (κ2) is 5.95. The third-order valence-electron chi connectivity index (χ3n) is 2.31. The van der Waals surface area contributed by atoms with E-state index in [9.17, 15) is 4.79 Å². The predicted octanol–water partition coefficient (Wildman–Crippen LogP) is 0.925. The fraction of sp³-hybridized carbons (Fsp3) is 0.167. The molecule has 0 fully saturated rings. The number of carbonyl (C=O) groups excluding carboxylic acids is 1. The first-order chi connectivity index (χ1) is 8.79. The van der Waals surface area contributed by atoms with Gasteiger partial charge in [0.15, 0.2) is 0 Å². The topological polar surface area (TPSA) is 86.5 Å². The Balaban J connectivity index is 1.93. The molecule has 2 rings (SSSR count). The van der Waals surface area contributed by atoms with Gasteiger partial charge in [0.2, 0.25) is 0 Å². The largest absolute Gasteiger partial charge is 0.491 e. The number of para-hydroxylation sites is 1. The van der Waals surface area contributed by atoms with Crippen LogP contribution in [0.3, 0.4) is 0 Å². The Morgan fingerprint density at radius 2 is 2.22 bits per heavy atom. The van der Waals surface area contributed by atoms with E-state index in [-0.39, 0.29) is 13.0 Å². The molecule has 6 heteroatoms. The number of hydrazine groups is 1. The number of hydrogen-bond acceptors (Lipinski definition) is 6. The highest BCUT2D eigenvalue weighted by atomic mass is 16.7. The predicted molar refractivity (Wildman–Crippen MR) is 65.3 cm³/mol. The number of nitrogens with zero attached hydrogens (tertiary/aromatic N) is 1. The highest BCUT2D eigenvalue weighted by Gasteiger charge is 2.03. The Bertz CT molecular complexity index is 545. The van der Waals surface area contributed by atoms with Gasteiger partial charge in [-0.15, -0.1) is 0 Å². The van der Waals surface area contributed by atoms with Gasteiger partial charge in [0, 0.05) is 5.39 Å². The van der Waals surface area contributed by atoms with E-state index in [0.29, 0.717) is 5.75 Å². The molecular formula is C12H13N3O3. The normalized spacial score (nSPS) is 10.3. The summed E-state index contributed by atoms with van der Waals surface area (Å²) in [6.07, 6.45) is 1.73. The van der Waals surface area contributed by atoms with Crippen molar-refractivity contribution in [2.24, 2.45) is 5.84 Å². The number of ether oxygens (including phenoxy) is 1. The average molecular weight is 247 g/mol. The molecule has 2 aromatic rings. The number of nitrogens with two attached hydrogens (primary N) is 1. The van der Waals surface area contributed by atoms with Gasteiger partial charge in [-0.3, -0.25) is 9.78 Å². The van der Waals surface area contributed by atoms with E-state index in [1.165, 1.54) is 0 Å². The van der Waals surface area contributed by atoms with E-state index in [1.54, 1.807) is 6.20 Å². The standard InChI is InChI=1S/C12H13N3O3/c13-15-18-12(16)5-6-17-10-7-9-3-1-2-4-11(9)14-8-10/h1-4,7-8,15H,5-6,13H2. The number of hydrogen-bond donors (Lipinski definition) is 2. The quantitative estimate of drug-likeness (QED) is 0.603. The summed E-state index contributed by atoms with van der Waals surface area (Å²) in [6, 6.07) is 9.59. The van der Waals surface area contributed by atoms with Crippen molar-refractivity contribution in [3.63, 3.8) is 0 Å². The van der Waals surface area contributed by atoms with Crippen molar-refractivity contribution in [3.05, 3.63) is 36.5 Å². The smallest absolute Gasteiger partial charge is 0.329 e. The molecule has 1 aromatic carbocycles. The van der Waals surface area contributed by atoms with Crippen LogP contribution < -0.4 is 16.2 Å². The van der Waals surface area contributed by atoms with E-state index in [2.05, 4.69) is 9.82 Å². The lowest BCUT2D eigenvalue weighted by Crippen LogP contribution is -2.26. The van der Waals surface area contributed by atoms with Crippen molar-refractivity contribution in [3.8, 4) is 5.75 Å². The van der Waals surface area contributed by atoms with Crippen LogP contribution in [0, 0.1) is 0 Å². The van der Waals surface area contributed by atoms with Crippen LogP contribution in [-0.4, -0.2) is 17.6 Å². The van der Waals surface area contributed by atoms with Gasteiger partial charge in [-0.05, 0) is 12.1 Å². The molecule has 94 valence electrons. The fourth-order valence-corrected chi connectivity index (χ4v) is 1.50. The molecule has 0 unspecified atom stereocenters. The van der Waals surface area contributed by atoms with Crippen LogP contribution in [0.15, 0.2) is 36.5 Å². The summed E-state index contributed by atoms with van der Waals surface area (Å²) in [6.45, 7) is 0.209. The van der Waals surface area contributed by atoms with E-state index < -0.39 is 5.97 Å². The summed E-state index contributed by atoms with van der Waals surface area (Å²) < 4.78 is 5.40. The summed E-state index contributed by atoms with van der Waals surface area (Å²) in [5.74, 6) is 4.96. The molecule has 0 aliphatic carbocycles. The maximum Gasteiger partial charge on any atom is 0.329 e. The van der Waals surface area contributed by atoms with Gasteiger partial charge >= 0.3 is 5.97 Å². The molecule has 0 saturated heterocycles.